The molecule has 0 spiro atoms. The van der Waals surface area contributed by atoms with Gasteiger partial charge in [0.15, 0.2) is 0 Å². The van der Waals surface area contributed by atoms with E-state index in [1.807, 2.05) is 13.8 Å². The lowest BCUT2D eigenvalue weighted by atomic mass is 10.1. The van der Waals surface area contributed by atoms with Crippen molar-refractivity contribution in [1.29, 1.82) is 0 Å². The molecule has 0 saturated heterocycles. The fourth-order valence-electron chi connectivity index (χ4n) is 1.83. The van der Waals surface area contributed by atoms with Crippen LogP contribution in [0.3, 0.4) is 0 Å². The summed E-state index contributed by atoms with van der Waals surface area (Å²) in [5.41, 5.74) is 7.80. The van der Waals surface area contributed by atoms with Crippen LogP contribution in [0.5, 0.6) is 5.75 Å². The molecule has 5 heteroatoms. The van der Waals surface area contributed by atoms with E-state index in [0.29, 0.717) is 23.7 Å². The second-order valence-corrected chi connectivity index (χ2v) is 4.56. The maximum Gasteiger partial charge on any atom is 0.140 e. The Bertz CT molecular complexity index is 559. The molecular weight excluding hydrogens is 247 g/mol. The molecule has 1 heterocycles. The average Bonchev–Trinajstić information content (AvgIpc) is 2.66. The van der Waals surface area contributed by atoms with Gasteiger partial charge in [0.25, 0.3) is 0 Å². The molecule has 0 aliphatic rings. The van der Waals surface area contributed by atoms with Gasteiger partial charge >= 0.3 is 0 Å². The summed E-state index contributed by atoms with van der Waals surface area (Å²) < 4.78 is 24.3. The Balaban J connectivity index is 2.10. The standard InChI is InChI=1S/C14H17FN2O2/c1-8(16)12-5-4-11(6-14(12)15)18-7-13-9(2)17-19-10(13)3/h4-6,8H,7,16H2,1-3H3/t8-/m0/s1. The predicted molar refractivity (Wildman–Crippen MR) is 69.3 cm³/mol. The van der Waals surface area contributed by atoms with Gasteiger partial charge < -0.3 is 15.0 Å². The summed E-state index contributed by atoms with van der Waals surface area (Å²) in [5.74, 6) is 0.818. The lowest BCUT2D eigenvalue weighted by molar-refractivity contribution is 0.300. The molecule has 0 aliphatic carbocycles. The molecule has 102 valence electrons. The fraction of sp³-hybridized carbons (Fsp3) is 0.357. The van der Waals surface area contributed by atoms with E-state index in [1.165, 1.54) is 6.07 Å². The van der Waals surface area contributed by atoms with Crippen molar-refractivity contribution in [2.45, 2.75) is 33.4 Å². The number of halogens is 1. The number of hydrogen-bond acceptors (Lipinski definition) is 4. The topological polar surface area (TPSA) is 61.3 Å². The molecular formula is C14H17FN2O2. The van der Waals surface area contributed by atoms with Gasteiger partial charge in [0.1, 0.15) is 23.9 Å². The summed E-state index contributed by atoms with van der Waals surface area (Å²) in [7, 11) is 0. The zero-order valence-corrected chi connectivity index (χ0v) is 11.2. The van der Waals surface area contributed by atoms with Gasteiger partial charge in [0.2, 0.25) is 0 Å². The average molecular weight is 264 g/mol. The van der Waals surface area contributed by atoms with Crippen molar-refractivity contribution in [1.82, 2.24) is 5.16 Å². The molecule has 0 saturated carbocycles. The molecule has 1 aromatic heterocycles. The number of nitrogens with zero attached hydrogens (tertiary/aromatic N) is 1. The van der Waals surface area contributed by atoms with E-state index in [4.69, 9.17) is 15.0 Å². The SMILES string of the molecule is Cc1noc(C)c1COc1ccc([C@H](C)N)c(F)c1. The molecule has 1 atom stereocenters. The first kappa shape index (κ1) is 13.5. The Morgan fingerprint density at radius 1 is 1.42 bits per heavy atom. The molecule has 2 aromatic rings. The summed E-state index contributed by atoms with van der Waals surface area (Å²) in [6, 6.07) is 4.36. The highest BCUT2D eigenvalue weighted by Gasteiger charge is 2.11. The van der Waals surface area contributed by atoms with Crippen LogP contribution in [-0.2, 0) is 6.61 Å². The maximum absolute atomic E-state index is 13.7. The monoisotopic (exact) mass is 264 g/mol. The molecule has 1 aromatic carbocycles. The van der Waals surface area contributed by atoms with Gasteiger partial charge in [-0.05, 0) is 26.8 Å². The summed E-state index contributed by atoms with van der Waals surface area (Å²) in [6.45, 7) is 5.70. The first-order chi connectivity index (χ1) is 8.99. The molecule has 4 nitrogen and oxygen atoms in total. The van der Waals surface area contributed by atoms with Crippen LogP contribution in [0.4, 0.5) is 4.39 Å². The molecule has 0 bridgehead atoms. The number of aryl methyl sites for hydroxylation is 2. The Labute approximate surface area is 111 Å². The van der Waals surface area contributed by atoms with E-state index in [0.717, 1.165) is 11.3 Å². The van der Waals surface area contributed by atoms with Gasteiger partial charge in [-0.25, -0.2) is 4.39 Å². The highest BCUT2D eigenvalue weighted by Crippen LogP contribution is 2.22. The third-order valence-electron chi connectivity index (χ3n) is 3.03. The summed E-state index contributed by atoms with van der Waals surface area (Å²) in [4.78, 5) is 0. The van der Waals surface area contributed by atoms with Gasteiger partial charge in [-0.15, -0.1) is 0 Å². The molecule has 2 rings (SSSR count). The number of rotatable bonds is 4. The molecule has 2 N–H and O–H groups in total. The molecule has 0 fully saturated rings. The number of ether oxygens (including phenoxy) is 1. The number of benzene rings is 1. The second kappa shape index (κ2) is 5.40. The van der Waals surface area contributed by atoms with Crippen LogP contribution >= 0.6 is 0 Å². The van der Waals surface area contributed by atoms with Crippen molar-refractivity contribution in [2.75, 3.05) is 0 Å². The quantitative estimate of drug-likeness (QED) is 0.922. The minimum Gasteiger partial charge on any atom is -0.489 e. The molecule has 0 aliphatic heterocycles. The third kappa shape index (κ3) is 2.93. The highest BCUT2D eigenvalue weighted by atomic mass is 19.1. The van der Waals surface area contributed by atoms with Crippen LogP contribution in [0.1, 0.15) is 35.5 Å². The summed E-state index contributed by atoms with van der Waals surface area (Å²) >= 11 is 0. The number of nitrogens with two attached hydrogens (primary N) is 1. The zero-order valence-electron chi connectivity index (χ0n) is 11.2. The van der Waals surface area contributed by atoms with Gasteiger partial charge in [0.05, 0.1) is 11.3 Å². The van der Waals surface area contributed by atoms with Gasteiger partial charge in [-0.1, -0.05) is 11.2 Å². The highest BCUT2D eigenvalue weighted by molar-refractivity contribution is 5.31. The van der Waals surface area contributed by atoms with Crippen molar-refractivity contribution < 1.29 is 13.7 Å². The van der Waals surface area contributed by atoms with Crippen LogP contribution in [0.15, 0.2) is 22.7 Å². The second-order valence-electron chi connectivity index (χ2n) is 4.56. The lowest BCUT2D eigenvalue weighted by Crippen LogP contribution is -2.07. The number of hydrogen-bond donors (Lipinski definition) is 1. The predicted octanol–water partition coefficient (Wildman–Crippen LogP) is 3.03. The largest absolute Gasteiger partial charge is 0.489 e. The third-order valence-corrected chi connectivity index (χ3v) is 3.03. The number of aromatic nitrogens is 1. The van der Waals surface area contributed by atoms with E-state index in [2.05, 4.69) is 5.16 Å². The van der Waals surface area contributed by atoms with Crippen LogP contribution in [0, 0.1) is 19.7 Å². The van der Waals surface area contributed by atoms with E-state index in [9.17, 15) is 4.39 Å². The normalized spacial score (nSPS) is 12.5. The minimum absolute atomic E-state index is 0.304. The minimum atomic E-state index is -0.355. The smallest absolute Gasteiger partial charge is 0.140 e. The van der Waals surface area contributed by atoms with Crippen molar-refractivity contribution >= 4 is 0 Å². The van der Waals surface area contributed by atoms with E-state index < -0.39 is 0 Å². The van der Waals surface area contributed by atoms with Crippen LogP contribution in [-0.4, -0.2) is 5.16 Å². The van der Waals surface area contributed by atoms with Crippen LogP contribution < -0.4 is 10.5 Å². The summed E-state index contributed by atoms with van der Waals surface area (Å²) in [5, 5.41) is 3.84. The zero-order chi connectivity index (χ0) is 14.0. The Hall–Kier alpha value is -1.88. The van der Waals surface area contributed by atoms with Gasteiger partial charge in [-0.2, -0.15) is 0 Å². The lowest BCUT2D eigenvalue weighted by Gasteiger charge is -2.10. The fourth-order valence-corrected chi connectivity index (χ4v) is 1.83. The summed E-state index contributed by atoms with van der Waals surface area (Å²) in [6.07, 6.45) is 0. The Morgan fingerprint density at radius 2 is 2.16 bits per heavy atom. The first-order valence-electron chi connectivity index (χ1n) is 6.08. The van der Waals surface area contributed by atoms with Crippen molar-refractivity contribution in [3.8, 4) is 5.75 Å². The van der Waals surface area contributed by atoms with Gasteiger partial charge in [-0.3, -0.25) is 0 Å². The molecule has 0 unspecified atom stereocenters. The van der Waals surface area contributed by atoms with E-state index in [1.54, 1.807) is 19.1 Å². The maximum atomic E-state index is 13.7. The van der Waals surface area contributed by atoms with Crippen molar-refractivity contribution in [3.63, 3.8) is 0 Å². The molecule has 0 amide bonds. The Morgan fingerprint density at radius 3 is 2.68 bits per heavy atom. The van der Waals surface area contributed by atoms with Gasteiger partial charge in [0, 0.05) is 17.7 Å². The Kier molecular flexibility index (Phi) is 3.85. The first-order valence-corrected chi connectivity index (χ1v) is 6.08. The van der Waals surface area contributed by atoms with E-state index >= 15 is 0 Å². The molecule has 19 heavy (non-hydrogen) atoms. The van der Waals surface area contributed by atoms with Crippen molar-refractivity contribution in [3.05, 3.63) is 46.6 Å². The van der Waals surface area contributed by atoms with Crippen LogP contribution in [0.25, 0.3) is 0 Å². The van der Waals surface area contributed by atoms with Crippen molar-refractivity contribution in [2.24, 2.45) is 5.73 Å². The molecule has 0 radical (unpaired) electrons. The van der Waals surface area contributed by atoms with E-state index in [-0.39, 0.29) is 11.9 Å². The van der Waals surface area contributed by atoms with Crippen LogP contribution in [0.2, 0.25) is 0 Å².